The van der Waals surface area contributed by atoms with E-state index >= 15 is 0 Å². The van der Waals surface area contributed by atoms with Crippen LogP contribution in [0.5, 0.6) is 0 Å². The van der Waals surface area contributed by atoms with Gasteiger partial charge in [0.25, 0.3) is 0 Å². The summed E-state index contributed by atoms with van der Waals surface area (Å²) in [7, 11) is 0. The molecule has 0 saturated heterocycles. The minimum Gasteiger partial charge on any atom is -0.438 e. The first-order valence-electron chi connectivity index (χ1n) is 20.6. The van der Waals surface area contributed by atoms with E-state index in [1.54, 1.807) is 11.3 Å². The largest absolute Gasteiger partial charge is 0.438 e. The molecule has 0 aliphatic carbocycles. The van der Waals surface area contributed by atoms with E-state index < -0.39 is 0 Å². The summed E-state index contributed by atoms with van der Waals surface area (Å²) in [6.07, 6.45) is 0. The molecule has 4 aromatic heterocycles. The Morgan fingerprint density at radius 3 is 1.50 bits per heavy atom. The Balaban J connectivity index is 0.988. The maximum atomic E-state index is 6.48. The fraction of sp³-hybridized carbons (Fsp3) is 0. The van der Waals surface area contributed by atoms with E-state index in [0.29, 0.717) is 17.4 Å². The molecule has 0 amide bonds. The first-order chi connectivity index (χ1) is 30.7. The zero-order chi connectivity index (χ0) is 41.0. The molecule has 0 N–H and O–H groups in total. The number of furan rings is 1. The Morgan fingerprint density at radius 1 is 0.323 bits per heavy atom. The van der Waals surface area contributed by atoms with Crippen LogP contribution in [0.25, 0.3) is 121 Å². The molecule has 0 spiro atoms. The van der Waals surface area contributed by atoms with Gasteiger partial charge in [-0.25, -0.2) is 15.0 Å². The van der Waals surface area contributed by atoms with E-state index in [1.807, 2.05) is 42.5 Å². The number of para-hydroxylation sites is 1. The van der Waals surface area contributed by atoms with Crippen LogP contribution in [0.1, 0.15) is 0 Å². The average molecular weight is 811 g/mol. The second-order valence-corrected chi connectivity index (χ2v) is 16.4. The fourth-order valence-corrected chi connectivity index (χ4v) is 9.60. The van der Waals surface area contributed by atoms with Gasteiger partial charge in [-0.3, -0.25) is 0 Å². The molecule has 0 aliphatic heterocycles. The van der Waals surface area contributed by atoms with Crippen molar-refractivity contribution in [2.24, 2.45) is 0 Å². The highest BCUT2D eigenvalue weighted by molar-refractivity contribution is 7.25. The van der Waals surface area contributed by atoms with Gasteiger partial charge in [0.1, 0.15) is 10.4 Å². The van der Waals surface area contributed by atoms with Crippen LogP contribution < -0.4 is 0 Å². The number of hydrogen-bond acceptors (Lipinski definition) is 6. The Labute approximate surface area is 361 Å². The average Bonchev–Trinajstić information content (AvgIpc) is 3.93. The van der Waals surface area contributed by atoms with Gasteiger partial charge in [0.15, 0.2) is 11.6 Å². The van der Waals surface area contributed by atoms with E-state index in [1.165, 1.54) is 21.4 Å². The Hall–Kier alpha value is -8.06. The quantitative estimate of drug-likeness (QED) is 0.160. The number of fused-ring (bicyclic) bond motifs is 6. The smallest absolute Gasteiger partial charge is 0.231 e. The molecule has 0 radical (unpaired) electrons. The summed E-state index contributed by atoms with van der Waals surface area (Å²) in [5.74, 6) is 1.20. The molecular formula is C56H34N4OS. The summed E-state index contributed by atoms with van der Waals surface area (Å²) < 4.78 is 7.65. The van der Waals surface area contributed by atoms with Crippen molar-refractivity contribution in [2.75, 3.05) is 0 Å². The number of benzene rings is 8. The standard InChI is InChI=1S/C56H34N4OS/c1-3-14-35(15-4-1)37-28-30-38(31-29-37)51-50-46-25-8-10-27-48(46)62-56(50)60-54(57-51)44-23-13-22-43(34-44)53-58-52(49-45-24-7-9-26-47(45)61-55(49)59-53)42-21-12-20-41(33-42)40-19-11-18-39(32-40)36-16-5-2-6-17-36/h1-34H. The molecule has 0 fully saturated rings. The lowest BCUT2D eigenvalue weighted by atomic mass is 9.96. The van der Waals surface area contributed by atoms with Gasteiger partial charge < -0.3 is 4.42 Å². The van der Waals surface area contributed by atoms with Crippen molar-refractivity contribution in [1.82, 2.24) is 19.9 Å². The van der Waals surface area contributed by atoms with Crippen LogP contribution in [0.3, 0.4) is 0 Å². The van der Waals surface area contributed by atoms with Crippen molar-refractivity contribution in [1.29, 1.82) is 0 Å². The van der Waals surface area contributed by atoms with Gasteiger partial charge >= 0.3 is 0 Å². The van der Waals surface area contributed by atoms with Crippen LogP contribution in [-0.4, -0.2) is 19.9 Å². The third-order valence-electron chi connectivity index (χ3n) is 11.6. The first-order valence-corrected chi connectivity index (χ1v) is 21.4. The van der Waals surface area contributed by atoms with Crippen LogP contribution in [0.2, 0.25) is 0 Å². The van der Waals surface area contributed by atoms with Gasteiger partial charge in [0.05, 0.1) is 16.8 Å². The predicted molar refractivity (Wildman–Crippen MR) is 256 cm³/mol. The molecule has 0 atom stereocenters. The highest BCUT2D eigenvalue weighted by atomic mass is 32.1. The van der Waals surface area contributed by atoms with Gasteiger partial charge in [-0.15, -0.1) is 11.3 Å². The number of rotatable bonds is 7. The zero-order valence-corrected chi connectivity index (χ0v) is 34.1. The van der Waals surface area contributed by atoms with Crippen molar-refractivity contribution < 1.29 is 4.42 Å². The Kier molecular flexibility index (Phi) is 8.61. The van der Waals surface area contributed by atoms with Crippen molar-refractivity contribution >= 4 is 53.7 Å². The van der Waals surface area contributed by atoms with Crippen LogP contribution in [0, 0.1) is 0 Å². The summed E-state index contributed by atoms with van der Waals surface area (Å²) in [6.45, 7) is 0. The molecule has 290 valence electrons. The highest BCUT2D eigenvalue weighted by Gasteiger charge is 2.21. The summed E-state index contributed by atoms with van der Waals surface area (Å²) in [6, 6.07) is 71.7. The fourth-order valence-electron chi connectivity index (χ4n) is 8.53. The van der Waals surface area contributed by atoms with E-state index in [-0.39, 0.29) is 0 Å². The van der Waals surface area contributed by atoms with Crippen LogP contribution in [0.15, 0.2) is 211 Å². The number of hydrogen-bond donors (Lipinski definition) is 0. The maximum absolute atomic E-state index is 6.48. The van der Waals surface area contributed by atoms with Crippen LogP contribution >= 0.6 is 11.3 Å². The number of thiophene rings is 1. The lowest BCUT2D eigenvalue weighted by Gasteiger charge is -2.11. The van der Waals surface area contributed by atoms with E-state index in [2.05, 4.69) is 164 Å². The molecule has 0 bridgehead atoms. The first kappa shape index (κ1) is 35.8. The number of nitrogens with zero attached hydrogens (tertiary/aromatic N) is 4. The summed E-state index contributed by atoms with van der Waals surface area (Å²) in [5, 5.41) is 4.08. The summed E-state index contributed by atoms with van der Waals surface area (Å²) in [5.41, 5.74) is 13.7. The van der Waals surface area contributed by atoms with Gasteiger partial charge in [-0.2, -0.15) is 4.98 Å². The third kappa shape index (κ3) is 6.33. The van der Waals surface area contributed by atoms with Crippen molar-refractivity contribution in [2.45, 2.75) is 0 Å². The SMILES string of the molecule is c1ccc(-c2ccc(-c3nc(-c4cccc(-c5nc(-c6cccc(-c7cccc(-c8ccccc8)c7)c6)c6c(n5)oc5ccccc56)c4)nc4sc5ccccc5c34)cc2)cc1. The second kappa shape index (κ2) is 14.9. The van der Waals surface area contributed by atoms with E-state index in [9.17, 15) is 0 Å². The van der Waals surface area contributed by atoms with E-state index in [4.69, 9.17) is 24.4 Å². The lowest BCUT2D eigenvalue weighted by Crippen LogP contribution is -1.96. The zero-order valence-electron chi connectivity index (χ0n) is 33.2. The van der Waals surface area contributed by atoms with Gasteiger partial charge in [-0.1, -0.05) is 176 Å². The molecule has 0 unspecified atom stereocenters. The Morgan fingerprint density at radius 2 is 0.790 bits per heavy atom. The molecule has 12 aromatic rings. The topological polar surface area (TPSA) is 64.7 Å². The molecular weight excluding hydrogens is 777 g/mol. The lowest BCUT2D eigenvalue weighted by molar-refractivity contribution is 0.653. The number of aromatic nitrogens is 4. The molecule has 12 rings (SSSR count). The van der Waals surface area contributed by atoms with Gasteiger partial charge in [0, 0.05) is 43.1 Å². The molecule has 4 heterocycles. The summed E-state index contributed by atoms with van der Waals surface area (Å²) in [4.78, 5) is 22.0. The van der Waals surface area contributed by atoms with E-state index in [0.717, 1.165) is 82.3 Å². The van der Waals surface area contributed by atoms with Crippen molar-refractivity contribution in [3.8, 4) is 78.7 Å². The van der Waals surface area contributed by atoms with Gasteiger partial charge in [0.2, 0.25) is 5.71 Å². The second-order valence-electron chi connectivity index (χ2n) is 15.4. The highest BCUT2D eigenvalue weighted by Crippen LogP contribution is 2.41. The molecule has 5 nitrogen and oxygen atoms in total. The Bertz CT molecular complexity index is 3630. The van der Waals surface area contributed by atoms with Crippen LogP contribution in [-0.2, 0) is 0 Å². The minimum absolute atomic E-state index is 0.539. The predicted octanol–water partition coefficient (Wildman–Crippen LogP) is 15.2. The van der Waals surface area contributed by atoms with Crippen molar-refractivity contribution in [3.63, 3.8) is 0 Å². The molecule has 8 aromatic carbocycles. The summed E-state index contributed by atoms with van der Waals surface area (Å²) >= 11 is 1.69. The molecule has 62 heavy (non-hydrogen) atoms. The monoisotopic (exact) mass is 810 g/mol. The van der Waals surface area contributed by atoms with Gasteiger partial charge in [-0.05, 0) is 63.7 Å². The molecule has 0 saturated carbocycles. The van der Waals surface area contributed by atoms with Crippen LogP contribution in [0.4, 0.5) is 0 Å². The third-order valence-corrected chi connectivity index (χ3v) is 12.6. The molecule has 6 heteroatoms. The normalized spacial score (nSPS) is 11.5. The molecule has 0 aliphatic rings. The van der Waals surface area contributed by atoms with Crippen molar-refractivity contribution in [3.05, 3.63) is 206 Å². The minimum atomic E-state index is 0.539. The maximum Gasteiger partial charge on any atom is 0.231 e.